The third-order valence-corrected chi connectivity index (χ3v) is 5.62. The lowest BCUT2D eigenvalue weighted by atomic mass is 9.89. The zero-order valence-corrected chi connectivity index (χ0v) is 14.8. The Labute approximate surface area is 123 Å². The first kappa shape index (κ1) is 17.6. The number of hydrogen-bond donors (Lipinski definition) is 0. The molecule has 0 radical (unpaired) electrons. The second-order valence-corrected chi connectivity index (χ2v) is 7.73. The predicted octanol–water partition coefficient (Wildman–Crippen LogP) is 4.26. The van der Waals surface area contributed by atoms with Crippen molar-refractivity contribution in [3.63, 3.8) is 0 Å². The van der Waals surface area contributed by atoms with Gasteiger partial charge in [-0.3, -0.25) is 0 Å². The van der Waals surface area contributed by atoms with E-state index >= 15 is 0 Å². The van der Waals surface area contributed by atoms with E-state index < -0.39 is 0 Å². The van der Waals surface area contributed by atoms with Crippen molar-refractivity contribution in [3.8, 4) is 0 Å². The standard InChI is InChI=1S/C15H30O2P2/c1-5-7-13-12(6-2)15(16-4)14(17-13)10-11(3)8-9-19-18/h5,11-15,19H,1,6-10,18H2,2-4H3/t11-,12+,13?,14-,15-/m1/s1. The summed E-state index contributed by atoms with van der Waals surface area (Å²) in [6, 6.07) is 0. The number of hydrogen-bond acceptors (Lipinski definition) is 2. The van der Waals surface area contributed by atoms with Crippen molar-refractivity contribution in [2.24, 2.45) is 11.8 Å². The van der Waals surface area contributed by atoms with Crippen LogP contribution in [-0.4, -0.2) is 31.6 Å². The molecule has 0 spiro atoms. The van der Waals surface area contributed by atoms with Crippen molar-refractivity contribution in [1.82, 2.24) is 0 Å². The third kappa shape index (κ3) is 5.09. The second-order valence-electron chi connectivity index (χ2n) is 5.59. The molecule has 19 heavy (non-hydrogen) atoms. The topological polar surface area (TPSA) is 18.5 Å². The largest absolute Gasteiger partial charge is 0.378 e. The smallest absolute Gasteiger partial charge is 0.0885 e. The summed E-state index contributed by atoms with van der Waals surface area (Å²) in [5.41, 5.74) is 0. The maximum Gasteiger partial charge on any atom is 0.0885 e. The maximum atomic E-state index is 6.26. The van der Waals surface area contributed by atoms with Crippen molar-refractivity contribution in [2.45, 2.75) is 57.8 Å². The molecule has 0 aromatic carbocycles. The number of ether oxygens (including phenoxy) is 2. The molecule has 112 valence electrons. The van der Waals surface area contributed by atoms with Gasteiger partial charge >= 0.3 is 0 Å². The van der Waals surface area contributed by atoms with Gasteiger partial charge in [-0.05, 0) is 37.8 Å². The molecule has 0 amide bonds. The summed E-state index contributed by atoms with van der Waals surface area (Å²) in [4.78, 5) is 0. The molecule has 1 aliphatic heterocycles. The van der Waals surface area contributed by atoms with E-state index in [4.69, 9.17) is 9.47 Å². The fourth-order valence-corrected chi connectivity index (χ4v) is 4.30. The van der Waals surface area contributed by atoms with Gasteiger partial charge in [0.15, 0.2) is 0 Å². The van der Waals surface area contributed by atoms with Crippen LogP contribution in [0.3, 0.4) is 0 Å². The maximum absolute atomic E-state index is 6.26. The second kappa shape index (κ2) is 9.46. The number of methoxy groups -OCH3 is 1. The molecule has 2 nitrogen and oxygen atoms in total. The van der Waals surface area contributed by atoms with Crippen molar-refractivity contribution >= 4 is 17.2 Å². The molecule has 1 aliphatic rings. The quantitative estimate of drug-likeness (QED) is 0.468. The predicted molar refractivity (Wildman–Crippen MR) is 89.3 cm³/mol. The Morgan fingerprint density at radius 1 is 1.47 bits per heavy atom. The van der Waals surface area contributed by atoms with Gasteiger partial charge in [-0.25, -0.2) is 0 Å². The normalized spacial score (nSPS) is 33.1. The first-order chi connectivity index (χ1) is 9.17. The van der Waals surface area contributed by atoms with Gasteiger partial charge in [0.1, 0.15) is 0 Å². The zero-order valence-electron chi connectivity index (χ0n) is 12.6. The lowest BCUT2D eigenvalue weighted by molar-refractivity contribution is -0.0166. The molecular formula is C15H30O2P2. The van der Waals surface area contributed by atoms with Gasteiger partial charge in [0, 0.05) is 13.0 Å². The Morgan fingerprint density at radius 3 is 2.74 bits per heavy atom. The summed E-state index contributed by atoms with van der Waals surface area (Å²) < 4.78 is 12.0. The molecular weight excluding hydrogens is 274 g/mol. The summed E-state index contributed by atoms with van der Waals surface area (Å²) in [6.07, 6.45) is 8.58. The van der Waals surface area contributed by atoms with Crippen molar-refractivity contribution < 1.29 is 9.47 Å². The molecule has 0 bridgehead atoms. The summed E-state index contributed by atoms with van der Waals surface area (Å²) >= 11 is 0. The van der Waals surface area contributed by atoms with E-state index in [2.05, 4.69) is 29.4 Å². The highest BCUT2D eigenvalue weighted by Crippen LogP contribution is 2.37. The Balaban J connectivity index is 2.58. The van der Waals surface area contributed by atoms with Gasteiger partial charge in [-0.1, -0.05) is 19.9 Å². The van der Waals surface area contributed by atoms with Crippen LogP contribution < -0.4 is 0 Å². The molecule has 0 saturated carbocycles. The van der Waals surface area contributed by atoms with Crippen LogP contribution in [0.15, 0.2) is 12.7 Å². The van der Waals surface area contributed by atoms with Gasteiger partial charge in [0.2, 0.25) is 0 Å². The summed E-state index contributed by atoms with van der Waals surface area (Å²) in [5, 5.41) is 0. The molecule has 1 fully saturated rings. The molecule has 1 heterocycles. The minimum Gasteiger partial charge on any atom is -0.378 e. The Hall–Kier alpha value is 0.520. The molecule has 0 aromatic heterocycles. The van der Waals surface area contributed by atoms with Crippen LogP contribution in [-0.2, 0) is 9.47 Å². The number of rotatable bonds is 9. The van der Waals surface area contributed by atoms with Crippen LogP contribution >= 0.6 is 17.2 Å². The molecule has 4 heteroatoms. The lowest BCUT2D eigenvalue weighted by Crippen LogP contribution is -2.30. The minimum absolute atomic E-state index is 0.260. The SMILES string of the molecule is C=CCC1O[C@H](C[C@H](C)CCPP)[C@H](OC)[C@H]1CC. The van der Waals surface area contributed by atoms with E-state index in [0.717, 1.165) is 33.4 Å². The van der Waals surface area contributed by atoms with Crippen LogP contribution in [0.4, 0.5) is 0 Å². The van der Waals surface area contributed by atoms with Gasteiger partial charge in [0.25, 0.3) is 0 Å². The summed E-state index contributed by atoms with van der Waals surface area (Å²) in [7, 11) is 5.64. The van der Waals surface area contributed by atoms with Crippen LogP contribution in [0.1, 0.15) is 39.5 Å². The molecule has 0 N–H and O–H groups in total. The molecule has 0 aliphatic carbocycles. The van der Waals surface area contributed by atoms with Crippen LogP contribution in [0.25, 0.3) is 0 Å². The molecule has 1 rings (SSSR count). The van der Waals surface area contributed by atoms with Crippen LogP contribution in [0.5, 0.6) is 0 Å². The Bertz CT molecular complexity index is 261. The van der Waals surface area contributed by atoms with E-state index in [1.54, 1.807) is 0 Å². The van der Waals surface area contributed by atoms with Crippen molar-refractivity contribution in [3.05, 3.63) is 12.7 Å². The highest BCUT2D eigenvalue weighted by Gasteiger charge is 2.43. The van der Waals surface area contributed by atoms with E-state index in [-0.39, 0.29) is 12.2 Å². The highest BCUT2D eigenvalue weighted by molar-refractivity contribution is 8.02. The molecule has 3 unspecified atom stereocenters. The van der Waals surface area contributed by atoms with E-state index in [0.29, 0.717) is 12.0 Å². The molecule has 1 saturated heterocycles. The van der Waals surface area contributed by atoms with Crippen molar-refractivity contribution in [2.75, 3.05) is 13.3 Å². The fourth-order valence-electron chi connectivity index (χ4n) is 3.14. The lowest BCUT2D eigenvalue weighted by Gasteiger charge is -2.23. The van der Waals surface area contributed by atoms with Gasteiger partial charge in [-0.15, -0.1) is 23.8 Å². The Morgan fingerprint density at radius 2 is 2.21 bits per heavy atom. The third-order valence-electron chi connectivity index (χ3n) is 4.17. The van der Waals surface area contributed by atoms with Crippen molar-refractivity contribution in [1.29, 1.82) is 0 Å². The van der Waals surface area contributed by atoms with Gasteiger partial charge in [-0.2, -0.15) is 0 Å². The highest BCUT2D eigenvalue weighted by atomic mass is 32.0. The first-order valence-electron chi connectivity index (χ1n) is 7.40. The average Bonchev–Trinajstić information content (AvgIpc) is 2.73. The van der Waals surface area contributed by atoms with Gasteiger partial charge in [0.05, 0.1) is 18.3 Å². The zero-order chi connectivity index (χ0) is 14.3. The monoisotopic (exact) mass is 304 g/mol. The fraction of sp³-hybridized carbons (Fsp3) is 0.867. The summed E-state index contributed by atoms with van der Waals surface area (Å²) in [6.45, 7) is 8.42. The van der Waals surface area contributed by atoms with Crippen LogP contribution in [0, 0.1) is 11.8 Å². The van der Waals surface area contributed by atoms with Crippen LogP contribution in [0.2, 0.25) is 0 Å². The average molecular weight is 304 g/mol. The van der Waals surface area contributed by atoms with E-state index in [1.165, 1.54) is 12.6 Å². The van der Waals surface area contributed by atoms with Gasteiger partial charge < -0.3 is 9.47 Å². The first-order valence-corrected chi connectivity index (χ1v) is 10.4. The van der Waals surface area contributed by atoms with E-state index in [1.807, 2.05) is 13.2 Å². The molecule has 7 atom stereocenters. The van der Waals surface area contributed by atoms with E-state index in [9.17, 15) is 0 Å². The summed E-state index contributed by atoms with van der Waals surface area (Å²) in [5.74, 6) is 1.24. The molecule has 0 aromatic rings. The Kier molecular flexibility index (Phi) is 8.74. The minimum atomic E-state index is 0.260.